The van der Waals surface area contributed by atoms with Crippen LogP contribution in [0.1, 0.15) is 26.2 Å². The Hall–Kier alpha value is -0.700. The van der Waals surface area contributed by atoms with Gasteiger partial charge >= 0.3 is 5.97 Å². The van der Waals surface area contributed by atoms with Gasteiger partial charge in [0.25, 0.3) is 0 Å². The lowest BCUT2D eigenvalue weighted by atomic mass is 9.78. The molecule has 0 saturated carbocycles. The Morgan fingerprint density at radius 1 is 1.77 bits per heavy atom. The van der Waals surface area contributed by atoms with Gasteiger partial charge in [-0.25, -0.2) is 0 Å². The lowest BCUT2D eigenvalue weighted by molar-refractivity contribution is -0.152. The summed E-state index contributed by atoms with van der Waals surface area (Å²) >= 11 is 5.45. The van der Waals surface area contributed by atoms with E-state index in [0.29, 0.717) is 6.42 Å². The van der Waals surface area contributed by atoms with E-state index in [9.17, 15) is 4.79 Å². The molecule has 13 heavy (non-hydrogen) atoms. The van der Waals surface area contributed by atoms with E-state index >= 15 is 0 Å². The van der Waals surface area contributed by atoms with Crippen LogP contribution in [0.5, 0.6) is 0 Å². The Morgan fingerprint density at radius 3 is 2.85 bits per heavy atom. The predicted octanol–water partition coefficient (Wildman–Crippen LogP) is 1.98. The maximum Gasteiger partial charge on any atom is 0.311 e. The molecule has 0 amide bonds. The number of carbonyl (C=O) groups is 1. The number of esters is 1. The molecule has 4 heteroatoms. The largest absolute Gasteiger partial charge is 0.469 e. The van der Waals surface area contributed by atoms with Crippen molar-refractivity contribution in [3.8, 4) is 0 Å². The Balaban J connectivity index is 2.66. The molecule has 3 nitrogen and oxygen atoms in total. The van der Waals surface area contributed by atoms with E-state index < -0.39 is 0 Å². The van der Waals surface area contributed by atoms with E-state index in [-0.39, 0.29) is 11.4 Å². The zero-order valence-corrected chi connectivity index (χ0v) is 8.65. The fourth-order valence-electron chi connectivity index (χ4n) is 1.48. The van der Waals surface area contributed by atoms with E-state index in [1.54, 1.807) is 0 Å². The smallest absolute Gasteiger partial charge is 0.311 e. The lowest BCUT2D eigenvalue weighted by Crippen LogP contribution is -2.31. The fourth-order valence-corrected chi connectivity index (χ4v) is 1.65. The van der Waals surface area contributed by atoms with E-state index in [0.717, 1.165) is 18.5 Å². The highest BCUT2D eigenvalue weighted by molar-refractivity contribution is 6.14. The number of methoxy groups -OCH3 is 1. The summed E-state index contributed by atoms with van der Waals surface area (Å²) in [6.07, 6.45) is 4.22. The maximum absolute atomic E-state index is 11.4. The number of carbonyl (C=O) groups excluding carboxylic acids is 1. The molecule has 0 bridgehead atoms. The van der Waals surface area contributed by atoms with Gasteiger partial charge in [-0.05, 0) is 26.2 Å². The van der Waals surface area contributed by atoms with Crippen molar-refractivity contribution in [3.63, 3.8) is 0 Å². The zero-order valence-electron chi connectivity index (χ0n) is 7.89. The normalized spacial score (nSPS) is 27.8. The number of hydrogen-bond acceptors (Lipinski definition) is 3. The second-order valence-electron chi connectivity index (χ2n) is 3.58. The van der Waals surface area contributed by atoms with Crippen LogP contribution < -0.4 is 4.84 Å². The molecule has 1 rings (SSSR count). The van der Waals surface area contributed by atoms with Crippen LogP contribution in [-0.2, 0) is 9.53 Å². The van der Waals surface area contributed by atoms with Crippen LogP contribution in [0.4, 0.5) is 0 Å². The molecule has 74 valence electrons. The molecule has 0 aromatic carbocycles. The molecule has 0 spiro atoms. The van der Waals surface area contributed by atoms with Gasteiger partial charge in [0.1, 0.15) is 0 Å². The minimum Gasteiger partial charge on any atom is -0.469 e. The van der Waals surface area contributed by atoms with Crippen LogP contribution in [0.2, 0.25) is 0 Å². The van der Waals surface area contributed by atoms with Crippen LogP contribution in [-0.4, -0.2) is 13.1 Å². The first-order valence-electron chi connectivity index (χ1n) is 4.26. The van der Waals surface area contributed by atoms with Crippen molar-refractivity contribution in [1.29, 1.82) is 0 Å². The van der Waals surface area contributed by atoms with Gasteiger partial charge in [0, 0.05) is 17.5 Å². The van der Waals surface area contributed by atoms with Gasteiger partial charge in [0.05, 0.1) is 12.5 Å². The number of nitrogens with one attached hydrogen (secondary N) is 1. The molecule has 1 unspecified atom stereocenters. The molecule has 1 N–H and O–H groups in total. The first-order chi connectivity index (χ1) is 6.12. The first kappa shape index (κ1) is 10.4. The van der Waals surface area contributed by atoms with Crippen molar-refractivity contribution in [2.75, 3.05) is 7.11 Å². The second kappa shape index (κ2) is 4.01. The third-order valence-corrected chi connectivity index (χ3v) is 2.79. The summed E-state index contributed by atoms with van der Waals surface area (Å²) in [5.74, 6) is -0.141. The summed E-state index contributed by atoms with van der Waals surface area (Å²) in [4.78, 5) is 14.0. The number of allylic oxidation sites excluding steroid dienone is 2. The third kappa shape index (κ3) is 2.15. The summed E-state index contributed by atoms with van der Waals surface area (Å²) in [5, 5.41) is 0. The number of rotatable bonds is 2. The molecule has 1 atom stereocenters. The van der Waals surface area contributed by atoms with Crippen molar-refractivity contribution < 1.29 is 9.53 Å². The highest BCUT2D eigenvalue weighted by Gasteiger charge is 2.35. The van der Waals surface area contributed by atoms with Crippen molar-refractivity contribution in [2.45, 2.75) is 26.2 Å². The second-order valence-corrected chi connectivity index (χ2v) is 3.77. The molecule has 0 heterocycles. The van der Waals surface area contributed by atoms with Crippen molar-refractivity contribution in [2.24, 2.45) is 5.41 Å². The van der Waals surface area contributed by atoms with Gasteiger partial charge < -0.3 is 9.57 Å². The molecular weight excluding hydrogens is 190 g/mol. The predicted molar refractivity (Wildman–Crippen MR) is 51.0 cm³/mol. The monoisotopic (exact) mass is 203 g/mol. The lowest BCUT2D eigenvalue weighted by Gasteiger charge is -2.29. The zero-order chi connectivity index (χ0) is 9.90. The highest BCUT2D eigenvalue weighted by atomic mass is 35.5. The molecule has 0 aliphatic heterocycles. The molecule has 0 aromatic rings. The quantitative estimate of drug-likeness (QED) is 0.551. The Kier molecular flexibility index (Phi) is 3.20. The Bertz CT molecular complexity index is 240. The summed E-state index contributed by atoms with van der Waals surface area (Å²) in [6.45, 7) is 1.92. The summed E-state index contributed by atoms with van der Waals surface area (Å²) in [6, 6.07) is 0. The van der Waals surface area contributed by atoms with Crippen molar-refractivity contribution in [3.05, 3.63) is 11.8 Å². The standard InChI is InChI=1S/C9H14ClNO2/c1-9(8(12)13-2)5-3-7(11-10)4-6-9/h3,11H,4-6H2,1-2H3. The maximum atomic E-state index is 11.4. The summed E-state index contributed by atoms with van der Waals surface area (Å²) in [5.41, 5.74) is 0.620. The molecule has 0 aromatic heterocycles. The average Bonchev–Trinajstić information content (AvgIpc) is 2.18. The summed E-state index contributed by atoms with van der Waals surface area (Å²) in [7, 11) is 1.42. The van der Waals surface area contributed by atoms with Gasteiger partial charge in [0.15, 0.2) is 0 Å². The summed E-state index contributed by atoms with van der Waals surface area (Å²) < 4.78 is 4.74. The third-order valence-electron chi connectivity index (χ3n) is 2.54. The Morgan fingerprint density at radius 2 is 2.46 bits per heavy atom. The van der Waals surface area contributed by atoms with Crippen LogP contribution in [0.3, 0.4) is 0 Å². The van der Waals surface area contributed by atoms with Gasteiger partial charge in [0.2, 0.25) is 0 Å². The van der Waals surface area contributed by atoms with Crippen LogP contribution in [0.25, 0.3) is 0 Å². The first-order valence-corrected chi connectivity index (χ1v) is 4.64. The van der Waals surface area contributed by atoms with Gasteiger partial charge in [-0.3, -0.25) is 4.79 Å². The van der Waals surface area contributed by atoms with Gasteiger partial charge in [-0.1, -0.05) is 6.08 Å². The molecular formula is C9H14ClNO2. The molecule has 0 fully saturated rings. The number of ether oxygens (including phenoxy) is 1. The topological polar surface area (TPSA) is 38.3 Å². The SMILES string of the molecule is COC(=O)C1(C)CC=C(NCl)CC1. The number of halogens is 1. The van der Waals surface area contributed by atoms with Crippen molar-refractivity contribution >= 4 is 17.7 Å². The Labute approximate surface area is 83.2 Å². The molecule has 0 saturated heterocycles. The molecule has 1 aliphatic carbocycles. The van der Waals surface area contributed by atoms with Crippen LogP contribution >= 0.6 is 11.8 Å². The highest BCUT2D eigenvalue weighted by Crippen LogP contribution is 2.35. The van der Waals surface area contributed by atoms with E-state index in [1.165, 1.54) is 7.11 Å². The molecule has 0 radical (unpaired) electrons. The molecule has 1 aliphatic rings. The van der Waals surface area contributed by atoms with Crippen LogP contribution in [0, 0.1) is 5.41 Å². The minimum atomic E-state index is -0.369. The average molecular weight is 204 g/mol. The minimum absolute atomic E-state index is 0.141. The van der Waals surface area contributed by atoms with Crippen molar-refractivity contribution in [1.82, 2.24) is 4.84 Å². The van der Waals surface area contributed by atoms with Gasteiger partial charge in [-0.2, -0.15) is 0 Å². The van der Waals surface area contributed by atoms with Gasteiger partial charge in [-0.15, -0.1) is 0 Å². The van der Waals surface area contributed by atoms with E-state index in [1.807, 2.05) is 13.0 Å². The fraction of sp³-hybridized carbons (Fsp3) is 0.667. The number of hydrogen-bond donors (Lipinski definition) is 1. The van der Waals surface area contributed by atoms with E-state index in [2.05, 4.69) is 4.84 Å². The van der Waals surface area contributed by atoms with Crippen LogP contribution in [0.15, 0.2) is 11.8 Å². The van der Waals surface area contributed by atoms with E-state index in [4.69, 9.17) is 16.5 Å².